The highest BCUT2D eigenvalue weighted by Crippen LogP contribution is 2.34. The monoisotopic (exact) mass is 256 g/mol. The highest BCUT2D eigenvalue weighted by atomic mass is 16.7. The maximum Gasteiger partial charge on any atom is 0.222 e. The van der Waals surface area contributed by atoms with Crippen molar-refractivity contribution in [2.45, 2.75) is 45.0 Å². The Balaban J connectivity index is 1.83. The first-order chi connectivity index (χ1) is 8.54. The molecular formula is C13H24N2O3. The van der Waals surface area contributed by atoms with Crippen molar-refractivity contribution in [3.05, 3.63) is 0 Å². The predicted octanol–water partition coefficient (Wildman–Crippen LogP) is 0.725. The molecule has 0 aliphatic carbocycles. The van der Waals surface area contributed by atoms with Crippen LogP contribution in [-0.4, -0.2) is 48.9 Å². The molecule has 0 aromatic heterocycles. The lowest BCUT2D eigenvalue weighted by molar-refractivity contribution is -0.195. The average molecular weight is 256 g/mol. The largest absolute Gasteiger partial charge is 0.347 e. The van der Waals surface area contributed by atoms with Crippen LogP contribution in [-0.2, 0) is 14.3 Å². The molecule has 2 aliphatic rings. The summed E-state index contributed by atoms with van der Waals surface area (Å²) in [5.41, 5.74) is 5.58. The first kappa shape index (κ1) is 13.8. The lowest BCUT2D eigenvalue weighted by atomic mass is 10.0. The molecule has 2 rings (SSSR count). The van der Waals surface area contributed by atoms with Crippen LogP contribution in [0.1, 0.15) is 33.1 Å². The van der Waals surface area contributed by atoms with Gasteiger partial charge in [0.15, 0.2) is 5.79 Å². The number of hydrogen-bond acceptors (Lipinski definition) is 4. The Morgan fingerprint density at radius 3 is 2.61 bits per heavy atom. The molecule has 1 spiro atoms. The third-order valence-electron chi connectivity index (χ3n) is 3.64. The van der Waals surface area contributed by atoms with E-state index in [1.54, 1.807) is 0 Å². The zero-order valence-corrected chi connectivity index (χ0v) is 11.4. The topological polar surface area (TPSA) is 64.8 Å². The minimum atomic E-state index is -0.474. The SMILES string of the molecule is CC(C)CC(=O)N1CCC2(CC1)OCC(CN)O2. The van der Waals surface area contributed by atoms with E-state index in [1.807, 2.05) is 4.90 Å². The van der Waals surface area contributed by atoms with E-state index < -0.39 is 5.79 Å². The minimum absolute atomic E-state index is 0.0166. The Bertz CT molecular complexity index is 299. The van der Waals surface area contributed by atoms with Crippen molar-refractivity contribution in [2.24, 2.45) is 11.7 Å². The second-order valence-corrected chi connectivity index (χ2v) is 5.68. The van der Waals surface area contributed by atoms with E-state index in [4.69, 9.17) is 15.2 Å². The molecule has 2 N–H and O–H groups in total. The summed E-state index contributed by atoms with van der Waals surface area (Å²) in [6.45, 7) is 6.66. The van der Waals surface area contributed by atoms with Crippen molar-refractivity contribution in [3.8, 4) is 0 Å². The molecule has 1 atom stereocenters. The normalized spacial score (nSPS) is 27.1. The van der Waals surface area contributed by atoms with Crippen LogP contribution < -0.4 is 5.73 Å². The lowest BCUT2D eigenvalue weighted by Gasteiger charge is -2.38. The Hall–Kier alpha value is -0.650. The maximum absolute atomic E-state index is 12.0. The van der Waals surface area contributed by atoms with Crippen LogP contribution in [0.2, 0.25) is 0 Å². The highest BCUT2D eigenvalue weighted by Gasteiger charge is 2.44. The van der Waals surface area contributed by atoms with Crippen LogP contribution in [0.3, 0.4) is 0 Å². The van der Waals surface area contributed by atoms with Gasteiger partial charge in [-0.15, -0.1) is 0 Å². The number of amides is 1. The summed E-state index contributed by atoms with van der Waals surface area (Å²) in [6, 6.07) is 0. The second-order valence-electron chi connectivity index (χ2n) is 5.68. The first-order valence-electron chi connectivity index (χ1n) is 6.84. The third-order valence-corrected chi connectivity index (χ3v) is 3.64. The summed E-state index contributed by atoms with van der Waals surface area (Å²) in [7, 11) is 0. The highest BCUT2D eigenvalue weighted by molar-refractivity contribution is 5.76. The Morgan fingerprint density at radius 2 is 2.11 bits per heavy atom. The van der Waals surface area contributed by atoms with E-state index in [-0.39, 0.29) is 12.0 Å². The van der Waals surface area contributed by atoms with Gasteiger partial charge in [-0.2, -0.15) is 0 Å². The number of hydrogen-bond donors (Lipinski definition) is 1. The lowest BCUT2D eigenvalue weighted by Crippen LogP contribution is -2.48. The molecule has 0 radical (unpaired) electrons. The maximum atomic E-state index is 12.0. The molecule has 1 unspecified atom stereocenters. The zero-order chi connectivity index (χ0) is 13.2. The van der Waals surface area contributed by atoms with Crippen molar-refractivity contribution in [2.75, 3.05) is 26.2 Å². The molecule has 5 heteroatoms. The average Bonchev–Trinajstić information content (AvgIpc) is 2.72. The van der Waals surface area contributed by atoms with Crippen molar-refractivity contribution in [3.63, 3.8) is 0 Å². The molecule has 0 aromatic carbocycles. The third kappa shape index (κ3) is 3.02. The summed E-state index contributed by atoms with van der Waals surface area (Å²) >= 11 is 0. The number of piperidine rings is 1. The molecule has 5 nitrogen and oxygen atoms in total. The fourth-order valence-corrected chi connectivity index (χ4v) is 2.57. The van der Waals surface area contributed by atoms with Gasteiger partial charge < -0.3 is 20.1 Å². The van der Waals surface area contributed by atoms with Crippen LogP contribution in [0.5, 0.6) is 0 Å². The fourth-order valence-electron chi connectivity index (χ4n) is 2.57. The Morgan fingerprint density at radius 1 is 1.44 bits per heavy atom. The van der Waals surface area contributed by atoms with Crippen LogP contribution in [0.25, 0.3) is 0 Å². The molecule has 0 aromatic rings. The summed E-state index contributed by atoms with van der Waals surface area (Å²) in [5.74, 6) is 0.181. The van der Waals surface area contributed by atoms with E-state index in [1.165, 1.54) is 0 Å². The van der Waals surface area contributed by atoms with Gasteiger partial charge in [-0.1, -0.05) is 13.8 Å². The molecule has 0 saturated carbocycles. The number of ether oxygens (including phenoxy) is 2. The van der Waals surface area contributed by atoms with E-state index in [0.717, 1.165) is 25.9 Å². The van der Waals surface area contributed by atoms with E-state index in [0.29, 0.717) is 25.5 Å². The Labute approximate surface area is 109 Å². The first-order valence-corrected chi connectivity index (χ1v) is 6.84. The smallest absolute Gasteiger partial charge is 0.222 e. The van der Waals surface area contributed by atoms with Crippen LogP contribution in [0, 0.1) is 5.92 Å². The van der Waals surface area contributed by atoms with Crippen LogP contribution >= 0.6 is 0 Å². The molecular weight excluding hydrogens is 232 g/mol. The van der Waals surface area contributed by atoms with Gasteiger partial charge in [0.1, 0.15) is 0 Å². The van der Waals surface area contributed by atoms with Crippen molar-refractivity contribution in [1.82, 2.24) is 4.90 Å². The van der Waals surface area contributed by atoms with Gasteiger partial charge in [0.05, 0.1) is 12.7 Å². The predicted molar refractivity (Wildman–Crippen MR) is 67.9 cm³/mol. The molecule has 1 amide bonds. The van der Waals surface area contributed by atoms with Crippen LogP contribution in [0.4, 0.5) is 0 Å². The van der Waals surface area contributed by atoms with Gasteiger partial charge in [0.2, 0.25) is 5.91 Å². The molecule has 2 aliphatic heterocycles. The summed E-state index contributed by atoms with van der Waals surface area (Å²) in [6.07, 6.45) is 2.16. The molecule has 0 bridgehead atoms. The van der Waals surface area contributed by atoms with Crippen molar-refractivity contribution >= 4 is 5.91 Å². The number of carbonyl (C=O) groups excluding carboxylic acids is 1. The molecule has 18 heavy (non-hydrogen) atoms. The van der Waals surface area contributed by atoms with E-state index in [9.17, 15) is 4.79 Å². The van der Waals surface area contributed by atoms with Gasteiger partial charge in [-0.05, 0) is 5.92 Å². The van der Waals surface area contributed by atoms with Gasteiger partial charge >= 0.3 is 0 Å². The van der Waals surface area contributed by atoms with Gasteiger partial charge in [-0.3, -0.25) is 4.79 Å². The molecule has 2 saturated heterocycles. The molecule has 2 fully saturated rings. The summed E-state index contributed by atoms with van der Waals surface area (Å²) in [4.78, 5) is 13.9. The van der Waals surface area contributed by atoms with Crippen molar-refractivity contribution < 1.29 is 14.3 Å². The van der Waals surface area contributed by atoms with Crippen LogP contribution in [0.15, 0.2) is 0 Å². The van der Waals surface area contributed by atoms with Gasteiger partial charge in [0, 0.05) is 38.9 Å². The standard InChI is InChI=1S/C13H24N2O3/c1-10(2)7-12(16)15-5-3-13(4-6-15)17-9-11(8-14)18-13/h10-11H,3-9,14H2,1-2H3. The van der Waals surface area contributed by atoms with Gasteiger partial charge in [0.25, 0.3) is 0 Å². The number of rotatable bonds is 3. The number of likely N-dealkylation sites (tertiary alicyclic amines) is 1. The molecule has 2 heterocycles. The second kappa shape index (κ2) is 5.55. The zero-order valence-electron chi connectivity index (χ0n) is 11.4. The summed E-state index contributed by atoms with van der Waals surface area (Å²) < 4.78 is 11.6. The number of carbonyl (C=O) groups is 1. The number of nitrogens with two attached hydrogens (primary N) is 1. The van der Waals surface area contributed by atoms with E-state index >= 15 is 0 Å². The number of nitrogens with zero attached hydrogens (tertiary/aromatic N) is 1. The minimum Gasteiger partial charge on any atom is -0.347 e. The Kier molecular flexibility index (Phi) is 4.25. The molecule has 104 valence electrons. The summed E-state index contributed by atoms with van der Waals surface area (Å²) in [5, 5.41) is 0. The quantitative estimate of drug-likeness (QED) is 0.808. The fraction of sp³-hybridized carbons (Fsp3) is 0.923. The van der Waals surface area contributed by atoms with Gasteiger partial charge in [-0.25, -0.2) is 0 Å². The van der Waals surface area contributed by atoms with E-state index in [2.05, 4.69) is 13.8 Å². The van der Waals surface area contributed by atoms with Crippen molar-refractivity contribution in [1.29, 1.82) is 0 Å².